The summed E-state index contributed by atoms with van der Waals surface area (Å²) < 4.78 is 0. The maximum atomic E-state index is 11.5. The number of halogens is 2. The molecule has 1 unspecified atom stereocenters. The Balaban J connectivity index is 1.94. The Morgan fingerprint density at radius 3 is 2.71 bits per heavy atom. The van der Waals surface area contributed by atoms with E-state index in [1.165, 1.54) is 0 Å². The van der Waals surface area contributed by atoms with Gasteiger partial charge in [-0.15, -0.1) is 0 Å². The first-order valence-corrected chi connectivity index (χ1v) is 6.29. The van der Waals surface area contributed by atoms with Crippen molar-refractivity contribution < 1.29 is 4.79 Å². The van der Waals surface area contributed by atoms with Gasteiger partial charge in [-0.2, -0.15) is 0 Å². The number of carbonyl (C=O) groups excluding carboxylic acids is 1. The van der Waals surface area contributed by atoms with Gasteiger partial charge in [0.15, 0.2) is 0 Å². The van der Waals surface area contributed by atoms with Crippen LogP contribution in [0.4, 0.5) is 0 Å². The summed E-state index contributed by atoms with van der Waals surface area (Å²) in [5.41, 5.74) is 6.80. The van der Waals surface area contributed by atoms with Crippen LogP contribution in [-0.2, 0) is 11.2 Å². The van der Waals surface area contributed by atoms with E-state index in [1.807, 2.05) is 12.1 Å². The molecule has 1 amide bonds. The maximum Gasteiger partial charge on any atom is 0.224 e. The lowest BCUT2D eigenvalue weighted by atomic mass is 10.1. The SMILES string of the molecule is NC1CC(=O)N(CCc2ccc(Cl)c(Cl)c2)C1. The fourth-order valence-corrected chi connectivity index (χ4v) is 2.30. The van der Waals surface area contributed by atoms with E-state index in [0.29, 0.717) is 29.6 Å². The van der Waals surface area contributed by atoms with E-state index in [1.54, 1.807) is 11.0 Å². The molecule has 0 radical (unpaired) electrons. The highest BCUT2D eigenvalue weighted by atomic mass is 35.5. The number of likely N-dealkylation sites (tertiary alicyclic amines) is 1. The van der Waals surface area contributed by atoms with Crippen LogP contribution in [0.5, 0.6) is 0 Å². The van der Waals surface area contributed by atoms with E-state index in [9.17, 15) is 4.79 Å². The Kier molecular flexibility index (Phi) is 3.92. The summed E-state index contributed by atoms with van der Waals surface area (Å²) >= 11 is 11.8. The molecule has 0 spiro atoms. The molecule has 2 N–H and O–H groups in total. The normalized spacial score (nSPS) is 20.1. The second-order valence-electron chi connectivity index (χ2n) is 4.30. The molecule has 1 atom stereocenters. The average Bonchev–Trinajstić information content (AvgIpc) is 2.59. The third-order valence-electron chi connectivity index (χ3n) is 2.90. The van der Waals surface area contributed by atoms with Crippen LogP contribution in [0.15, 0.2) is 18.2 Å². The smallest absolute Gasteiger partial charge is 0.224 e. The monoisotopic (exact) mass is 272 g/mol. The average molecular weight is 273 g/mol. The predicted molar refractivity (Wildman–Crippen MR) is 69.3 cm³/mol. The van der Waals surface area contributed by atoms with Gasteiger partial charge in [0.05, 0.1) is 10.0 Å². The molecule has 0 bridgehead atoms. The molecule has 92 valence electrons. The minimum Gasteiger partial charge on any atom is -0.341 e. The van der Waals surface area contributed by atoms with Gasteiger partial charge < -0.3 is 10.6 Å². The Bertz CT molecular complexity index is 437. The minimum atomic E-state index is -0.0173. The van der Waals surface area contributed by atoms with Gasteiger partial charge in [-0.25, -0.2) is 0 Å². The standard InChI is InChI=1S/C12H14Cl2N2O/c13-10-2-1-8(5-11(10)14)3-4-16-7-9(15)6-12(16)17/h1-2,5,9H,3-4,6-7,15H2. The number of nitrogens with two attached hydrogens (primary N) is 1. The van der Waals surface area contributed by atoms with Gasteiger partial charge in [0.25, 0.3) is 0 Å². The van der Waals surface area contributed by atoms with Crippen molar-refractivity contribution in [1.82, 2.24) is 4.90 Å². The van der Waals surface area contributed by atoms with Crippen LogP contribution < -0.4 is 5.73 Å². The number of rotatable bonds is 3. The zero-order valence-electron chi connectivity index (χ0n) is 9.33. The van der Waals surface area contributed by atoms with Crippen LogP contribution in [0.3, 0.4) is 0 Å². The number of nitrogens with zero attached hydrogens (tertiary/aromatic N) is 1. The lowest BCUT2D eigenvalue weighted by Crippen LogP contribution is -2.30. The predicted octanol–water partition coefficient (Wildman–Crippen LogP) is 2.10. The van der Waals surface area contributed by atoms with Gasteiger partial charge in [-0.3, -0.25) is 4.79 Å². The van der Waals surface area contributed by atoms with E-state index in [0.717, 1.165) is 12.0 Å². The topological polar surface area (TPSA) is 46.3 Å². The van der Waals surface area contributed by atoms with Crippen LogP contribution in [0.25, 0.3) is 0 Å². The number of hydrogen-bond donors (Lipinski definition) is 1. The van der Waals surface area contributed by atoms with Gasteiger partial charge in [0.1, 0.15) is 0 Å². The van der Waals surface area contributed by atoms with E-state index in [4.69, 9.17) is 28.9 Å². The molecule has 0 saturated carbocycles. The summed E-state index contributed by atoms with van der Waals surface area (Å²) in [4.78, 5) is 13.3. The van der Waals surface area contributed by atoms with Gasteiger partial charge >= 0.3 is 0 Å². The molecule has 3 nitrogen and oxygen atoms in total. The van der Waals surface area contributed by atoms with Crippen molar-refractivity contribution in [3.63, 3.8) is 0 Å². The number of carbonyl (C=O) groups is 1. The fourth-order valence-electron chi connectivity index (χ4n) is 1.98. The number of amides is 1. The molecule has 17 heavy (non-hydrogen) atoms. The lowest BCUT2D eigenvalue weighted by Gasteiger charge is -2.15. The minimum absolute atomic E-state index is 0.0173. The van der Waals surface area contributed by atoms with Crippen molar-refractivity contribution in [2.24, 2.45) is 5.73 Å². The van der Waals surface area contributed by atoms with Crippen molar-refractivity contribution in [2.45, 2.75) is 18.9 Å². The van der Waals surface area contributed by atoms with Crippen molar-refractivity contribution in [2.75, 3.05) is 13.1 Å². The molecule has 0 aromatic heterocycles. The van der Waals surface area contributed by atoms with Crippen LogP contribution in [0.1, 0.15) is 12.0 Å². The third kappa shape index (κ3) is 3.12. The van der Waals surface area contributed by atoms with Gasteiger partial charge in [0, 0.05) is 25.6 Å². The summed E-state index contributed by atoms with van der Waals surface area (Å²) in [7, 11) is 0. The summed E-state index contributed by atoms with van der Waals surface area (Å²) in [6, 6.07) is 5.52. The molecule has 1 aromatic rings. The summed E-state index contributed by atoms with van der Waals surface area (Å²) in [6.45, 7) is 1.34. The lowest BCUT2D eigenvalue weighted by molar-refractivity contribution is -0.127. The second-order valence-corrected chi connectivity index (χ2v) is 5.12. The molecule has 1 aliphatic rings. The number of benzene rings is 1. The quantitative estimate of drug-likeness (QED) is 0.916. The van der Waals surface area contributed by atoms with Gasteiger partial charge in [-0.05, 0) is 24.1 Å². The first-order valence-electron chi connectivity index (χ1n) is 5.53. The molecular formula is C12H14Cl2N2O. The molecule has 5 heteroatoms. The van der Waals surface area contributed by atoms with E-state index >= 15 is 0 Å². The van der Waals surface area contributed by atoms with E-state index in [2.05, 4.69) is 0 Å². The zero-order chi connectivity index (χ0) is 12.4. The highest BCUT2D eigenvalue weighted by Gasteiger charge is 2.26. The molecule has 1 heterocycles. The molecular weight excluding hydrogens is 259 g/mol. The van der Waals surface area contributed by atoms with Crippen molar-refractivity contribution in [3.8, 4) is 0 Å². The molecule has 1 fully saturated rings. The molecule has 1 aromatic carbocycles. The second kappa shape index (κ2) is 5.25. The van der Waals surface area contributed by atoms with Crippen molar-refractivity contribution in [3.05, 3.63) is 33.8 Å². The first kappa shape index (κ1) is 12.7. The van der Waals surface area contributed by atoms with Crippen LogP contribution >= 0.6 is 23.2 Å². The van der Waals surface area contributed by atoms with E-state index in [-0.39, 0.29) is 11.9 Å². The van der Waals surface area contributed by atoms with Crippen LogP contribution in [0, 0.1) is 0 Å². The Labute approximate surface area is 110 Å². The van der Waals surface area contributed by atoms with E-state index < -0.39 is 0 Å². The Morgan fingerprint density at radius 1 is 1.35 bits per heavy atom. The maximum absolute atomic E-state index is 11.5. The van der Waals surface area contributed by atoms with Crippen LogP contribution in [0.2, 0.25) is 10.0 Å². The highest BCUT2D eigenvalue weighted by Crippen LogP contribution is 2.23. The largest absolute Gasteiger partial charge is 0.341 e. The molecule has 1 aliphatic heterocycles. The fraction of sp³-hybridized carbons (Fsp3) is 0.417. The Morgan fingerprint density at radius 2 is 2.12 bits per heavy atom. The Hall–Kier alpha value is -0.770. The summed E-state index contributed by atoms with van der Waals surface area (Å²) in [6.07, 6.45) is 1.23. The van der Waals surface area contributed by atoms with Crippen molar-refractivity contribution in [1.29, 1.82) is 0 Å². The summed E-state index contributed by atoms with van der Waals surface area (Å²) in [5.74, 6) is 0.137. The van der Waals surface area contributed by atoms with Gasteiger partial charge in [0.2, 0.25) is 5.91 Å². The molecule has 0 aliphatic carbocycles. The number of hydrogen-bond acceptors (Lipinski definition) is 2. The van der Waals surface area contributed by atoms with Crippen molar-refractivity contribution >= 4 is 29.1 Å². The zero-order valence-corrected chi connectivity index (χ0v) is 10.8. The summed E-state index contributed by atoms with van der Waals surface area (Å²) in [5, 5.41) is 1.10. The third-order valence-corrected chi connectivity index (χ3v) is 3.64. The molecule has 1 saturated heterocycles. The highest BCUT2D eigenvalue weighted by molar-refractivity contribution is 6.42. The van der Waals surface area contributed by atoms with Gasteiger partial charge in [-0.1, -0.05) is 29.3 Å². The first-order chi connectivity index (χ1) is 8.06. The van der Waals surface area contributed by atoms with Crippen LogP contribution in [-0.4, -0.2) is 29.9 Å². The molecule has 2 rings (SSSR count).